The molecule has 1 aliphatic heterocycles. The molecule has 3 rings (SSSR count). The number of imide groups is 2. The summed E-state index contributed by atoms with van der Waals surface area (Å²) in [4.78, 5) is 38.3. The first-order valence-corrected chi connectivity index (χ1v) is 9.59. The van der Waals surface area contributed by atoms with E-state index in [9.17, 15) is 14.4 Å². The van der Waals surface area contributed by atoms with Crippen LogP contribution in [0.15, 0.2) is 40.4 Å². The molecule has 7 nitrogen and oxygen atoms in total. The Balaban J connectivity index is 2.06. The first-order chi connectivity index (χ1) is 13.8. The normalized spacial score (nSPS) is 15.6. The highest BCUT2D eigenvalue weighted by molar-refractivity contribution is 9.10. The van der Waals surface area contributed by atoms with Gasteiger partial charge in [-0.05, 0) is 57.9 Å². The lowest BCUT2D eigenvalue weighted by Crippen LogP contribution is -2.54. The molecule has 29 heavy (non-hydrogen) atoms. The molecule has 0 spiro atoms. The highest BCUT2D eigenvalue weighted by atomic mass is 79.9. The number of methoxy groups -OCH3 is 2. The Bertz CT molecular complexity index is 1070. The van der Waals surface area contributed by atoms with Gasteiger partial charge in [-0.1, -0.05) is 23.2 Å². The van der Waals surface area contributed by atoms with E-state index in [0.29, 0.717) is 21.5 Å². The monoisotopic (exact) mass is 498 g/mol. The highest BCUT2D eigenvalue weighted by Crippen LogP contribution is 2.37. The summed E-state index contributed by atoms with van der Waals surface area (Å²) in [6.45, 7) is 0. The molecule has 0 atom stereocenters. The van der Waals surface area contributed by atoms with E-state index < -0.39 is 17.8 Å². The number of hydrogen-bond donors (Lipinski definition) is 1. The predicted octanol–water partition coefficient (Wildman–Crippen LogP) is 4.44. The van der Waals surface area contributed by atoms with Gasteiger partial charge >= 0.3 is 6.03 Å². The Morgan fingerprint density at radius 2 is 1.76 bits per heavy atom. The van der Waals surface area contributed by atoms with Crippen molar-refractivity contribution < 1.29 is 23.9 Å². The van der Waals surface area contributed by atoms with E-state index in [1.165, 1.54) is 38.5 Å². The molecule has 0 saturated carbocycles. The largest absolute Gasteiger partial charge is 0.493 e. The number of amides is 4. The second-order valence-electron chi connectivity index (χ2n) is 5.79. The van der Waals surface area contributed by atoms with E-state index >= 15 is 0 Å². The van der Waals surface area contributed by atoms with E-state index in [0.717, 1.165) is 4.90 Å². The number of halogens is 3. The van der Waals surface area contributed by atoms with Crippen LogP contribution in [0.5, 0.6) is 11.5 Å². The fourth-order valence-corrected chi connectivity index (χ4v) is 3.62. The zero-order valence-electron chi connectivity index (χ0n) is 15.1. The lowest BCUT2D eigenvalue weighted by atomic mass is 10.1. The summed E-state index contributed by atoms with van der Waals surface area (Å²) < 4.78 is 11.1. The third-order valence-corrected chi connectivity index (χ3v) is 5.36. The number of carbonyl (C=O) groups is 3. The Kier molecular flexibility index (Phi) is 6.16. The molecule has 2 aromatic rings. The molecule has 4 amide bonds. The summed E-state index contributed by atoms with van der Waals surface area (Å²) in [6.07, 6.45) is 1.35. The second-order valence-corrected chi connectivity index (χ2v) is 7.46. The highest BCUT2D eigenvalue weighted by Gasteiger charge is 2.37. The third kappa shape index (κ3) is 4.10. The standard InChI is InChI=1S/C19H13BrCl2N2O5/c1-28-15-7-9(6-12(20)16(15)29-2)5-11-17(25)23-19(27)24(18(11)26)10-3-4-13(21)14(22)8-10/h3-8H,1-2H3,(H,23,25,27)/b11-5+. The van der Waals surface area contributed by atoms with Gasteiger partial charge in [0.1, 0.15) is 5.57 Å². The van der Waals surface area contributed by atoms with Crippen LogP contribution < -0.4 is 19.7 Å². The summed E-state index contributed by atoms with van der Waals surface area (Å²) in [5, 5.41) is 2.57. The number of benzene rings is 2. The van der Waals surface area contributed by atoms with Gasteiger partial charge in [-0.25, -0.2) is 9.69 Å². The van der Waals surface area contributed by atoms with Crippen molar-refractivity contribution in [3.05, 3.63) is 56.0 Å². The number of ether oxygens (including phenoxy) is 2. The quantitative estimate of drug-likeness (QED) is 0.496. The van der Waals surface area contributed by atoms with Crippen LogP contribution in [-0.4, -0.2) is 32.1 Å². The third-order valence-electron chi connectivity index (χ3n) is 4.03. The van der Waals surface area contributed by atoms with Crippen LogP contribution in [0.1, 0.15) is 5.56 Å². The summed E-state index contributed by atoms with van der Waals surface area (Å²) in [7, 11) is 2.95. The van der Waals surface area contributed by atoms with E-state index in [4.69, 9.17) is 32.7 Å². The summed E-state index contributed by atoms with van der Waals surface area (Å²) in [5.74, 6) is -0.762. The molecule has 0 unspecified atom stereocenters. The Hall–Kier alpha value is -2.55. The number of nitrogens with zero attached hydrogens (tertiary/aromatic N) is 1. The van der Waals surface area contributed by atoms with E-state index in [2.05, 4.69) is 21.2 Å². The van der Waals surface area contributed by atoms with Crippen molar-refractivity contribution in [1.29, 1.82) is 0 Å². The van der Waals surface area contributed by atoms with Gasteiger partial charge in [-0.2, -0.15) is 0 Å². The first-order valence-electron chi connectivity index (χ1n) is 8.04. The van der Waals surface area contributed by atoms with Gasteiger partial charge in [0.25, 0.3) is 11.8 Å². The van der Waals surface area contributed by atoms with Crippen LogP contribution in [0.25, 0.3) is 6.08 Å². The molecule has 0 radical (unpaired) electrons. The number of barbiturate groups is 1. The molecule has 2 aromatic carbocycles. The van der Waals surface area contributed by atoms with Gasteiger partial charge in [0, 0.05) is 0 Å². The van der Waals surface area contributed by atoms with Crippen molar-refractivity contribution in [2.45, 2.75) is 0 Å². The zero-order valence-corrected chi connectivity index (χ0v) is 18.2. The molecule has 150 valence electrons. The van der Waals surface area contributed by atoms with Crippen LogP contribution in [-0.2, 0) is 9.59 Å². The molecule has 0 aromatic heterocycles. The van der Waals surface area contributed by atoms with Gasteiger partial charge in [0.15, 0.2) is 11.5 Å². The van der Waals surface area contributed by atoms with Crippen LogP contribution in [0.4, 0.5) is 10.5 Å². The van der Waals surface area contributed by atoms with Crippen LogP contribution in [0.3, 0.4) is 0 Å². The minimum atomic E-state index is -0.885. The minimum absolute atomic E-state index is 0.163. The van der Waals surface area contributed by atoms with Crippen molar-refractivity contribution >= 4 is 68.7 Å². The lowest BCUT2D eigenvalue weighted by molar-refractivity contribution is -0.122. The number of rotatable bonds is 4. The SMILES string of the molecule is COc1cc(/C=C2\C(=O)NC(=O)N(c3ccc(Cl)c(Cl)c3)C2=O)cc(Br)c1OC. The fourth-order valence-electron chi connectivity index (χ4n) is 2.70. The van der Waals surface area contributed by atoms with Gasteiger partial charge < -0.3 is 9.47 Å². The first kappa shape index (κ1) is 21.2. The Labute approximate surface area is 184 Å². The number of carbonyl (C=O) groups excluding carboxylic acids is 3. The van der Waals surface area contributed by atoms with Crippen molar-refractivity contribution in [2.75, 3.05) is 19.1 Å². The van der Waals surface area contributed by atoms with Gasteiger partial charge in [0.05, 0.1) is 34.4 Å². The number of hydrogen-bond acceptors (Lipinski definition) is 5. The van der Waals surface area contributed by atoms with Crippen LogP contribution in [0.2, 0.25) is 10.0 Å². The predicted molar refractivity (Wildman–Crippen MR) is 113 cm³/mol. The lowest BCUT2D eigenvalue weighted by Gasteiger charge is -2.26. The summed E-state index contributed by atoms with van der Waals surface area (Å²) >= 11 is 15.2. The van der Waals surface area contributed by atoms with Crippen molar-refractivity contribution in [2.24, 2.45) is 0 Å². The number of nitrogens with one attached hydrogen (secondary N) is 1. The van der Waals surface area contributed by atoms with E-state index in [-0.39, 0.29) is 21.3 Å². The van der Waals surface area contributed by atoms with Crippen molar-refractivity contribution in [3.63, 3.8) is 0 Å². The maximum atomic E-state index is 12.9. The average molecular weight is 500 g/mol. The van der Waals surface area contributed by atoms with Crippen molar-refractivity contribution in [3.8, 4) is 11.5 Å². The molecule has 1 aliphatic rings. The van der Waals surface area contributed by atoms with Gasteiger partial charge in [-0.3, -0.25) is 14.9 Å². The summed E-state index contributed by atoms with van der Waals surface area (Å²) in [5.41, 5.74) is 0.417. The maximum Gasteiger partial charge on any atom is 0.335 e. The minimum Gasteiger partial charge on any atom is -0.493 e. The summed E-state index contributed by atoms with van der Waals surface area (Å²) in [6, 6.07) is 6.62. The zero-order chi connectivity index (χ0) is 21.3. The average Bonchev–Trinajstić information content (AvgIpc) is 2.67. The van der Waals surface area contributed by atoms with Gasteiger partial charge in [-0.15, -0.1) is 0 Å². The number of anilines is 1. The van der Waals surface area contributed by atoms with Crippen LogP contribution >= 0.6 is 39.1 Å². The Morgan fingerprint density at radius 3 is 2.38 bits per heavy atom. The topological polar surface area (TPSA) is 84.9 Å². The van der Waals surface area contributed by atoms with Crippen molar-refractivity contribution in [1.82, 2.24) is 5.32 Å². The molecular formula is C19H13BrCl2N2O5. The van der Waals surface area contributed by atoms with E-state index in [1.54, 1.807) is 12.1 Å². The molecular weight excluding hydrogens is 487 g/mol. The smallest absolute Gasteiger partial charge is 0.335 e. The second kappa shape index (κ2) is 8.44. The molecule has 1 heterocycles. The molecule has 10 heteroatoms. The van der Waals surface area contributed by atoms with Crippen LogP contribution in [0, 0.1) is 0 Å². The Morgan fingerprint density at radius 1 is 1.03 bits per heavy atom. The fraction of sp³-hybridized carbons (Fsp3) is 0.105. The molecule has 1 N–H and O–H groups in total. The molecule has 1 fully saturated rings. The molecule has 0 bridgehead atoms. The molecule has 0 aliphatic carbocycles. The number of urea groups is 1. The van der Waals surface area contributed by atoms with E-state index in [1.807, 2.05) is 0 Å². The molecule has 1 saturated heterocycles. The van der Waals surface area contributed by atoms with Gasteiger partial charge in [0.2, 0.25) is 0 Å². The maximum absolute atomic E-state index is 12.9.